The lowest BCUT2D eigenvalue weighted by atomic mass is 10.1. The third-order valence-corrected chi connectivity index (χ3v) is 8.55. The average molecular weight is 459 g/mol. The fraction of sp³-hybridized carbons (Fsp3) is 0.478. The molecular formula is C23H30N4O4S. The van der Waals surface area contributed by atoms with Gasteiger partial charge in [0.05, 0.1) is 11.4 Å². The predicted octanol–water partition coefficient (Wildman–Crippen LogP) is 1.96. The standard InChI is InChI=1S/C23H30N4O4S/c1-17-15-21(18(2)24(17)3)22(28)16-25-11-13-26(14-12-25)32(30,31)20-8-6-19(7-9-20)27-10-4-5-23(27)29/h6-9,15H,4-5,10-14,16H2,1-3H3. The second kappa shape index (κ2) is 8.80. The predicted molar refractivity (Wildman–Crippen MR) is 122 cm³/mol. The quantitative estimate of drug-likeness (QED) is 0.618. The Balaban J connectivity index is 1.37. The first-order valence-corrected chi connectivity index (χ1v) is 12.4. The zero-order valence-corrected chi connectivity index (χ0v) is 19.7. The maximum atomic E-state index is 13.1. The van der Waals surface area contributed by atoms with E-state index < -0.39 is 10.0 Å². The molecule has 2 fully saturated rings. The van der Waals surface area contributed by atoms with Crippen molar-refractivity contribution in [2.24, 2.45) is 7.05 Å². The highest BCUT2D eigenvalue weighted by Gasteiger charge is 2.30. The van der Waals surface area contributed by atoms with Crippen LogP contribution in [0.4, 0.5) is 5.69 Å². The number of benzene rings is 1. The topological polar surface area (TPSA) is 82.9 Å². The molecular weight excluding hydrogens is 428 g/mol. The minimum atomic E-state index is -3.61. The molecule has 0 bridgehead atoms. The van der Waals surface area contributed by atoms with Gasteiger partial charge >= 0.3 is 0 Å². The molecule has 0 N–H and O–H groups in total. The van der Waals surface area contributed by atoms with E-state index in [1.807, 2.05) is 36.4 Å². The summed E-state index contributed by atoms with van der Waals surface area (Å²) in [5.74, 6) is 0.140. The summed E-state index contributed by atoms with van der Waals surface area (Å²) in [5, 5.41) is 0. The molecule has 1 aromatic heterocycles. The van der Waals surface area contributed by atoms with Gasteiger partial charge in [0, 0.05) is 68.8 Å². The number of nitrogens with zero attached hydrogens (tertiary/aromatic N) is 4. The van der Waals surface area contributed by atoms with E-state index in [0.29, 0.717) is 39.1 Å². The summed E-state index contributed by atoms with van der Waals surface area (Å²) < 4.78 is 29.6. The molecule has 32 heavy (non-hydrogen) atoms. The highest BCUT2D eigenvalue weighted by atomic mass is 32.2. The molecule has 0 aliphatic carbocycles. The molecule has 1 aromatic carbocycles. The van der Waals surface area contributed by atoms with Crippen LogP contribution in [-0.2, 0) is 21.9 Å². The number of piperazine rings is 1. The molecule has 0 saturated carbocycles. The van der Waals surface area contributed by atoms with Gasteiger partial charge in [0.1, 0.15) is 0 Å². The van der Waals surface area contributed by atoms with Crippen molar-refractivity contribution in [1.82, 2.24) is 13.8 Å². The van der Waals surface area contributed by atoms with Gasteiger partial charge in [-0.3, -0.25) is 14.5 Å². The van der Waals surface area contributed by atoms with E-state index in [2.05, 4.69) is 0 Å². The Labute approximate surface area is 189 Å². The van der Waals surface area contributed by atoms with E-state index in [0.717, 1.165) is 29.1 Å². The number of sulfonamides is 1. The first-order valence-electron chi connectivity index (χ1n) is 11.0. The Morgan fingerprint density at radius 1 is 1.00 bits per heavy atom. The van der Waals surface area contributed by atoms with Crippen LogP contribution in [0.3, 0.4) is 0 Å². The summed E-state index contributed by atoms with van der Waals surface area (Å²) in [5.41, 5.74) is 3.47. The van der Waals surface area contributed by atoms with Crippen LogP contribution in [0.2, 0.25) is 0 Å². The summed E-state index contributed by atoms with van der Waals surface area (Å²) in [7, 11) is -1.67. The van der Waals surface area contributed by atoms with Crippen LogP contribution in [0, 0.1) is 13.8 Å². The number of Topliss-reactive ketones (excluding diaryl/α,β-unsaturated/α-hetero) is 1. The number of hydrogen-bond donors (Lipinski definition) is 0. The number of ketones is 1. The van der Waals surface area contributed by atoms with E-state index >= 15 is 0 Å². The maximum Gasteiger partial charge on any atom is 0.243 e. The van der Waals surface area contributed by atoms with Crippen molar-refractivity contribution >= 4 is 27.4 Å². The molecule has 8 nitrogen and oxygen atoms in total. The normalized spacial score (nSPS) is 18.5. The van der Waals surface area contributed by atoms with E-state index in [4.69, 9.17) is 0 Å². The Bertz CT molecular complexity index is 1130. The molecule has 2 saturated heterocycles. The number of amides is 1. The molecule has 172 valence electrons. The average Bonchev–Trinajstić information content (AvgIpc) is 3.32. The lowest BCUT2D eigenvalue weighted by Crippen LogP contribution is -2.49. The zero-order valence-electron chi connectivity index (χ0n) is 18.9. The van der Waals surface area contributed by atoms with Crippen molar-refractivity contribution in [2.75, 3.05) is 44.2 Å². The van der Waals surface area contributed by atoms with E-state index in [1.54, 1.807) is 29.2 Å². The third kappa shape index (κ3) is 4.24. The number of carbonyl (C=O) groups is 2. The number of aromatic nitrogens is 1. The fourth-order valence-electron chi connectivity index (χ4n) is 4.42. The SMILES string of the molecule is Cc1cc(C(=O)CN2CCN(S(=O)(=O)c3ccc(N4CCCC4=O)cc3)CC2)c(C)n1C. The first-order chi connectivity index (χ1) is 15.2. The molecule has 2 aromatic rings. The molecule has 9 heteroatoms. The summed E-state index contributed by atoms with van der Waals surface area (Å²) in [4.78, 5) is 28.6. The van der Waals surface area contributed by atoms with Gasteiger partial charge in [-0.15, -0.1) is 0 Å². The van der Waals surface area contributed by atoms with Gasteiger partial charge in [0.15, 0.2) is 5.78 Å². The van der Waals surface area contributed by atoms with Crippen molar-refractivity contribution in [2.45, 2.75) is 31.6 Å². The van der Waals surface area contributed by atoms with Crippen LogP contribution in [-0.4, -0.2) is 73.1 Å². The number of aryl methyl sites for hydroxylation is 1. The molecule has 0 radical (unpaired) electrons. The molecule has 1 amide bonds. The van der Waals surface area contributed by atoms with Gasteiger partial charge in [-0.05, 0) is 50.6 Å². The van der Waals surface area contributed by atoms with Gasteiger partial charge in [-0.2, -0.15) is 4.31 Å². The molecule has 0 atom stereocenters. The lowest BCUT2D eigenvalue weighted by molar-refractivity contribution is -0.117. The van der Waals surface area contributed by atoms with Gasteiger partial charge < -0.3 is 9.47 Å². The van der Waals surface area contributed by atoms with Crippen LogP contribution in [0.25, 0.3) is 0 Å². The van der Waals surface area contributed by atoms with Gasteiger partial charge in [-0.1, -0.05) is 0 Å². The minimum absolute atomic E-state index is 0.0644. The first kappa shape index (κ1) is 22.7. The summed E-state index contributed by atoms with van der Waals surface area (Å²) in [6.07, 6.45) is 1.37. The Kier molecular flexibility index (Phi) is 6.24. The Morgan fingerprint density at radius 3 is 2.19 bits per heavy atom. The molecule has 2 aliphatic heterocycles. The Hall–Kier alpha value is -2.49. The summed E-state index contributed by atoms with van der Waals surface area (Å²) in [6.45, 7) is 6.58. The van der Waals surface area contributed by atoms with Crippen LogP contribution >= 0.6 is 0 Å². The molecule has 0 spiro atoms. The minimum Gasteiger partial charge on any atom is -0.351 e. The zero-order chi connectivity index (χ0) is 23.0. The van der Waals surface area contributed by atoms with Crippen molar-refractivity contribution < 1.29 is 18.0 Å². The largest absolute Gasteiger partial charge is 0.351 e. The van der Waals surface area contributed by atoms with Crippen molar-refractivity contribution in [3.8, 4) is 0 Å². The second-order valence-corrected chi connectivity index (χ2v) is 10.5. The van der Waals surface area contributed by atoms with E-state index in [9.17, 15) is 18.0 Å². The smallest absolute Gasteiger partial charge is 0.243 e. The Morgan fingerprint density at radius 2 is 1.66 bits per heavy atom. The van der Waals surface area contributed by atoms with Crippen molar-refractivity contribution in [3.05, 3.63) is 47.3 Å². The third-order valence-electron chi connectivity index (χ3n) is 6.63. The lowest BCUT2D eigenvalue weighted by Gasteiger charge is -2.33. The second-order valence-electron chi connectivity index (χ2n) is 8.59. The van der Waals surface area contributed by atoms with Gasteiger partial charge in [-0.25, -0.2) is 8.42 Å². The number of anilines is 1. The van der Waals surface area contributed by atoms with Crippen molar-refractivity contribution in [3.63, 3.8) is 0 Å². The van der Waals surface area contributed by atoms with Crippen LogP contribution in [0.15, 0.2) is 35.2 Å². The van der Waals surface area contributed by atoms with Gasteiger partial charge in [0.2, 0.25) is 15.9 Å². The van der Waals surface area contributed by atoms with Crippen LogP contribution < -0.4 is 4.90 Å². The highest BCUT2D eigenvalue weighted by molar-refractivity contribution is 7.89. The van der Waals surface area contributed by atoms with Crippen LogP contribution in [0.1, 0.15) is 34.6 Å². The molecule has 3 heterocycles. The summed E-state index contributed by atoms with van der Waals surface area (Å²) >= 11 is 0. The fourth-order valence-corrected chi connectivity index (χ4v) is 5.84. The van der Waals surface area contributed by atoms with Gasteiger partial charge in [0.25, 0.3) is 0 Å². The van der Waals surface area contributed by atoms with E-state index in [1.165, 1.54) is 4.31 Å². The highest BCUT2D eigenvalue weighted by Crippen LogP contribution is 2.25. The number of hydrogen-bond acceptors (Lipinski definition) is 5. The molecule has 4 rings (SSSR count). The number of carbonyl (C=O) groups excluding carboxylic acids is 2. The summed E-state index contributed by atoms with van der Waals surface area (Å²) in [6, 6.07) is 8.47. The number of rotatable bonds is 6. The maximum absolute atomic E-state index is 13.1. The molecule has 2 aliphatic rings. The van der Waals surface area contributed by atoms with Crippen molar-refractivity contribution in [1.29, 1.82) is 0 Å². The van der Waals surface area contributed by atoms with E-state index in [-0.39, 0.29) is 23.1 Å². The van der Waals surface area contributed by atoms with Crippen LogP contribution in [0.5, 0.6) is 0 Å². The monoisotopic (exact) mass is 458 g/mol. The molecule has 0 unspecified atom stereocenters.